The molecule has 6 heteroatoms. The zero-order chi connectivity index (χ0) is 15.3. The molecule has 3 rings (SSSR count). The molecule has 0 aromatic carbocycles. The van der Waals surface area contributed by atoms with Crippen LogP contribution in [0.5, 0.6) is 0 Å². The fourth-order valence-corrected chi connectivity index (χ4v) is 4.50. The molecule has 4 atom stereocenters. The first-order valence-corrected chi connectivity index (χ1v) is 8.16. The van der Waals surface area contributed by atoms with Gasteiger partial charge in [-0.15, -0.1) is 12.4 Å². The lowest BCUT2D eigenvalue weighted by atomic mass is 9.46. The SMILES string of the molecule is CN(CC1CCCO1)C(=O)C1(N)C2CCCOC2C1(C)C.Cl. The second kappa shape index (κ2) is 6.27. The molecule has 1 aliphatic carbocycles. The largest absolute Gasteiger partial charge is 0.377 e. The Kier molecular flexibility index (Phi) is 5.12. The molecule has 2 saturated heterocycles. The van der Waals surface area contributed by atoms with E-state index in [-0.39, 0.29) is 41.9 Å². The van der Waals surface area contributed by atoms with Gasteiger partial charge >= 0.3 is 0 Å². The number of halogens is 1. The second-order valence-electron chi connectivity index (χ2n) is 7.45. The van der Waals surface area contributed by atoms with Crippen LogP contribution < -0.4 is 5.73 Å². The Bertz CT molecular complexity index is 426. The lowest BCUT2D eigenvalue weighted by Crippen LogP contribution is -2.82. The molecular formula is C16H29ClN2O3. The summed E-state index contributed by atoms with van der Waals surface area (Å²) in [5.41, 5.74) is 5.54. The topological polar surface area (TPSA) is 64.8 Å². The van der Waals surface area contributed by atoms with Crippen molar-refractivity contribution in [3.05, 3.63) is 0 Å². The fourth-order valence-electron chi connectivity index (χ4n) is 4.50. The van der Waals surface area contributed by atoms with Crippen molar-refractivity contribution in [2.75, 3.05) is 26.8 Å². The summed E-state index contributed by atoms with van der Waals surface area (Å²) in [6.07, 6.45) is 4.40. The summed E-state index contributed by atoms with van der Waals surface area (Å²) in [4.78, 5) is 14.8. The van der Waals surface area contributed by atoms with E-state index < -0.39 is 5.54 Å². The maximum Gasteiger partial charge on any atom is 0.243 e. The molecule has 0 aromatic heterocycles. The van der Waals surface area contributed by atoms with Gasteiger partial charge in [-0.25, -0.2) is 0 Å². The van der Waals surface area contributed by atoms with Crippen molar-refractivity contribution in [3.63, 3.8) is 0 Å². The zero-order valence-electron chi connectivity index (χ0n) is 13.8. The van der Waals surface area contributed by atoms with Crippen molar-refractivity contribution in [3.8, 4) is 0 Å². The Balaban J connectivity index is 0.00000176. The Hall–Kier alpha value is -0.360. The van der Waals surface area contributed by atoms with Crippen molar-refractivity contribution in [2.45, 2.75) is 57.3 Å². The molecule has 0 spiro atoms. The predicted octanol–water partition coefficient (Wildman–Crippen LogP) is 1.58. The van der Waals surface area contributed by atoms with Gasteiger partial charge in [0.05, 0.1) is 12.2 Å². The van der Waals surface area contributed by atoms with Gasteiger partial charge in [0.1, 0.15) is 5.54 Å². The summed E-state index contributed by atoms with van der Waals surface area (Å²) >= 11 is 0. The highest BCUT2D eigenvalue weighted by atomic mass is 35.5. The van der Waals surface area contributed by atoms with Gasteiger partial charge in [0.15, 0.2) is 0 Å². The van der Waals surface area contributed by atoms with Gasteiger partial charge in [-0.05, 0) is 25.7 Å². The van der Waals surface area contributed by atoms with Gasteiger partial charge in [0.25, 0.3) is 0 Å². The van der Waals surface area contributed by atoms with Crippen molar-refractivity contribution in [1.82, 2.24) is 4.90 Å². The van der Waals surface area contributed by atoms with E-state index in [1.165, 1.54) is 0 Å². The van der Waals surface area contributed by atoms with E-state index in [4.69, 9.17) is 15.2 Å². The summed E-state index contributed by atoms with van der Waals surface area (Å²) in [5, 5.41) is 0. The van der Waals surface area contributed by atoms with Crippen molar-refractivity contribution < 1.29 is 14.3 Å². The summed E-state index contributed by atoms with van der Waals surface area (Å²) in [5.74, 6) is 0.204. The lowest BCUT2D eigenvalue weighted by molar-refractivity contribution is -0.229. The first-order valence-electron chi connectivity index (χ1n) is 8.16. The van der Waals surface area contributed by atoms with Gasteiger partial charge in [-0.2, -0.15) is 0 Å². The molecule has 0 bridgehead atoms. The molecule has 1 saturated carbocycles. The maximum atomic E-state index is 13.0. The minimum atomic E-state index is -0.800. The molecule has 4 unspecified atom stereocenters. The molecule has 128 valence electrons. The van der Waals surface area contributed by atoms with Crippen LogP contribution in [0.25, 0.3) is 0 Å². The van der Waals surface area contributed by atoms with E-state index in [9.17, 15) is 4.79 Å². The smallest absolute Gasteiger partial charge is 0.243 e. The van der Waals surface area contributed by atoms with Gasteiger partial charge < -0.3 is 20.1 Å². The van der Waals surface area contributed by atoms with Crippen LogP contribution in [0.3, 0.4) is 0 Å². The summed E-state index contributed by atoms with van der Waals surface area (Å²) < 4.78 is 11.5. The van der Waals surface area contributed by atoms with E-state index >= 15 is 0 Å². The van der Waals surface area contributed by atoms with Gasteiger partial charge in [-0.3, -0.25) is 4.79 Å². The van der Waals surface area contributed by atoms with Gasteiger partial charge in [0.2, 0.25) is 5.91 Å². The van der Waals surface area contributed by atoms with E-state index in [0.717, 1.165) is 38.9 Å². The number of fused-ring (bicyclic) bond motifs is 1. The van der Waals surface area contributed by atoms with Crippen LogP contribution in [0.4, 0.5) is 0 Å². The summed E-state index contributed by atoms with van der Waals surface area (Å²) in [7, 11) is 1.85. The normalized spacial score (nSPS) is 39.4. The number of amides is 1. The lowest BCUT2D eigenvalue weighted by Gasteiger charge is -2.65. The number of carbonyl (C=O) groups is 1. The highest BCUT2D eigenvalue weighted by molar-refractivity contribution is 5.89. The quantitative estimate of drug-likeness (QED) is 0.852. The van der Waals surface area contributed by atoms with Crippen LogP contribution in [0.2, 0.25) is 0 Å². The monoisotopic (exact) mass is 332 g/mol. The number of ether oxygens (including phenoxy) is 2. The third-order valence-corrected chi connectivity index (χ3v) is 5.89. The Morgan fingerprint density at radius 2 is 1.86 bits per heavy atom. The van der Waals surface area contributed by atoms with E-state index in [1.54, 1.807) is 4.90 Å². The molecule has 3 fully saturated rings. The Morgan fingerprint density at radius 1 is 1.23 bits per heavy atom. The van der Waals surface area contributed by atoms with Crippen LogP contribution in [-0.2, 0) is 14.3 Å². The van der Waals surface area contributed by atoms with Crippen LogP contribution in [-0.4, -0.2) is 55.4 Å². The first-order chi connectivity index (χ1) is 9.89. The van der Waals surface area contributed by atoms with E-state index in [2.05, 4.69) is 13.8 Å². The minimum Gasteiger partial charge on any atom is -0.377 e. The highest BCUT2D eigenvalue weighted by Gasteiger charge is 2.70. The van der Waals surface area contributed by atoms with Crippen LogP contribution in [0, 0.1) is 11.3 Å². The molecule has 2 aliphatic heterocycles. The average Bonchev–Trinajstić information content (AvgIpc) is 2.98. The Labute approximate surface area is 139 Å². The third-order valence-electron chi connectivity index (χ3n) is 5.89. The predicted molar refractivity (Wildman–Crippen MR) is 87.0 cm³/mol. The number of likely N-dealkylation sites (N-methyl/N-ethyl adjacent to an activating group) is 1. The molecule has 5 nitrogen and oxygen atoms in total. The number of rotatable bonds is 3. The number of hydrogen-bond acceptors (Lipinski definition) is 4. The zero-order valence-corrected chi connectivity index (χ0v) is 14.7. The fraction of sp³-hybridized carbons (Fsp3) is 0.938. The molecule has 0 aromatic rings. The van der Waals surface area contributed by atoms with Crippen molar-refractivity contribution in [2.24, 2.45) is 17.1 Å². The highest BCUT2D eigenvalue weighted by Crippen LogP contribution is 2.57. The standard InChI is InChI=1S/C16H28N2O3.ClH/c1-15(2)13-12(7-5-9-21-13)16(15,17)14(19)18(3)10-11-6-4-8-20-11;/h11-13H,4-10,17H2,1-3H3;1H. The van der Waals surface area contributed by atoms with Gasteiger partial charge in [0, 0.05) is 38.1 Å². The van der Waals surface area contributed by atoms with E-state index in [0.29, 0.717) is 6.54 Å². The Morgan fingerprint density at radius 3 is 2.50 bits per heavy atom. The number of carbonyl (C=O) groups excluding carboxylic acids is 1. The molecule has 2 N–H and O–H groups in total. The minimum absolute atomic E-state index is 0. The molecule has 22 heavy (non-hydrogen) atoms. The summed E-state index contributed by atoms with van der Waals surface area (Å²) in [6.45, 7) is 6.38. The number of nitrogens with zero attached hydrogens (tertiary/aromatic N) is 1. The maximum absolute atomic E-state index is 13.0. The molecular weight excluding hydrogens is 304 g/mol. The van der Waals surface area contributed by atoms with Gasteiger partial charge in [-0.1, -0.05) is 13.8 Å². The van der Waals surface area contributed by atoms with Crippen molar-refractivity contribution >= 4 is 18.3 Å². The molecule has 0 radical (unpaired) electrons. The van der Waals surface area contributed by atoms with Crippen molar-refractivity contribution in [1.29, 1.82) is 0 Å². The molecule has 1 amide bonds. The van der Waals surface area contributed by atoms with Crippen LogP contribution >= 0.6 is 12.4 Å². The number of hydrogen-bond donors (Lipinski definition) is 1. The van der Waals surface area contributed by atoms with Crippen LogP contribution in [0.15, 0.2) is 0 Å². The average molecular weight is 333 g/mol. The molecule has 2 heterocycles. The number of nitrogens with two attached hydrogens (primary N) is 1. The van der Waals surface area contributed by atoms with Crippen LogP contribution in [0.1, 0.15) is 39.5 Å². The third kappa shape index (κ3) is 2.46. The first kappa shape index (κ1) is 18.0. The van der Waals surface area contributed by atoms with E-state index in [1.807, 2.05) is 7.05 Å². The second-order valence-corrected chi connectivity index (χ2v) is 7.45. The molecule has 3 aliphatic rings. The summed E-state index contributed by atoms with van der Waals surface area (Å²) in [6, 6.07) is 0.